The summed E-state index contributed by atoms with van der Waals surface area (Å²) in [6.45, 7) is -0.243. The van der Waals surface area contributed by atoms with E-state index in [1.165, 1.54) is 0 Å². The van der Waals surface area contributed by atoms with E-state index < -0.39 is 6.04 Å². The lowest BCUT2D eigenvalue weighted by Crippen LogP contribution is -2.14. The Bertz CT molecular complexity index is 498. The summed E-state index contributed by atoms with van der Waals surface area (Å²) in [6.07, 6.45) is 0. The highest BCUT2D eigenvalue weighted by Gasteiger charge is 2.16. The average Bonchev–Trinajstić information content (AvgIpc) is 2.87. The molecule has 6 heteroatoms. The molecule has 0 bridgehead atoms. The normalized spacial score (nSPS) is 12.4. The van der Waals surface area contributed by atoms with Crippen LogP contribution in [0.5, 0.6) is 5.75 Å². The van der Waals surface area contributed by atoms with Gasteiger partial charge in [0, 0.05) is 0 Å². The van der Waals surface area contributed by atoms with Gasteiger partial charge >= 0.3 is 0 Å². The minimum Gasteiger partial charge on any atom is -0.496 e. The van der Waals surface area contributed by atoms with Gasteiger partial charge in [0.05, 0.1) is 19.3 Å². The van der Waals surface area contributed by atoms with Crippen molar-refractivity contribution < 1.29 is 14.4 Å². The summed E-state index contributed by atoms with van der Waals surface area (Å²) in [5, 5.41) is 12.7. The first-order valence-electron chi connectivity index (χ1n) is 5.09. The lowest BCUT2D eigenvalue weighted by molar-refractivity contribution is 0.237. The van der Waals surface area contributed by atoms with Crippen molar-refractivity contribution in [1.29, 1.82) is 0 Å². The largest absolute Gasteiger partial charge is 0.496 e. The van der Waals surface area contributed by atoms with Crippen LogP contribution in [-0.2, 0) is 0 Å². The average molecular weight is 235 g/mol. The Hall–Kier alpha value is -1.92. The second-order valence-electron chi connectivity index (χ2n) is 3.45. The third-order valence-corrected chi connectivity index (χ3v) is 2.30. The highest BCUT2D eigenvalue weighted by atomic mass is 16.5. The van der Waals surface area contributed by atoms with Gasteiger partial charge in [-0.25, -0.2) is 0 Å². The quantitative estimate of drug-likeness (QED) is 0.811. The molecule has 1 aromatic carbocycles. The van der Waals surface area contributed by atoms with Crippen molar-refractivity contribution in [3.05, 3.63) is 30.2 Å². The van der Waals surface area contributed by atoms with Crippen molar-refractivity contribution in [2.24, 2.45) is 5.73 Å². The van der Waals surface area contributed by atoms with Crippen molar-refractivity contribution in [3.8, 4) is 17.1 Å². The van der Waals surface area contributed by atoms with Gasteiger partial charge in [0.15, 0.2) is 0 Å². The number of nitrogens with zero attached hydrogens (tertiary/aromatic N) is 2. The predicted octanol–water partition coefficient (Wildman–Crippen LogP) is 0.737. The van der Waals surface area contributed by atoms with Gasteiger partial charge in [0.1, 0.15) is 11.8 Å². The molecule has 90 valence electrons. The van der Waals surface area contributed by atoms with E-state index >= 15 is 0 Å². The molecular formula is C11H13N3O3. The van der Waals surface area contributed by atoms with Crippen molar-refractivity contribution in [3.63, 3.8) is 0 Å². The first kappa shape index (κ1) is 11.6. The highest BCUT2D eigenvalue weighted by Crippen LogP contribution is 2.27. The van der Waals surface area contributed by atoms with Crippen molar-refractivity contribution in [1.82, 2.24) is 10.1 Å². The molecule has 0 aliphatic heterocycles. The molecule has 0 aliphatic rings. The van der Waals surface area contributed by atoms with E-state index in [0.29, 0.717) is 11.6 Å². The summed E-state index contributed by atoms with van der Waals surface area (Å²) in [7, 11) is 1.57. The van der Waals surface area contributed by atoms with E-state index in [4.69, 9.17) is 20.1 Å². The number of aliphatic hydroxyl groups is 1. The van der Waals surface area contributed by atoms with Crippen molar-refractivity contribution in [2.75, 3.05) is 13.7 Å². The second-order valence-corrected chi connectivity index (χ2v) is 3.45. The molecule has 6 nitrogen and oxygen atoms in total. The number of rotatable bonds is 4. The molecule has 0 amide bonds. The Labute approximate surface area is 98.0 Å². The zero-order valence-electron chi connectivity index (χ0n) is 9.33. The van der Waals surface area contributed by atoms with Gasteiger partial charge in [-0.15, -0.1) is 0 Å². The number of aromatic nitrogens is 2. The van der Waals surface area contributed by atoms with E-state index in [0.717, 1.165) is 5.56 Å². The number of ether oxygens (including phenoxy) is 1. The molecule has 0 radical (unpaired) electrons. The molecule has 1 aromatic heterocycles. The van der Waals surface area contributed by atoms with Gasteiger partial charge in [0.25, 0.3) is 0 Å². The SMILES string of the molecule is COc1ccccc1-c1noc([C@H](N)CO)n1. The van der Waals surface area contributed by atoms with Crippen LogP contribution in [0.15, 0.2) is 28.8 Å². The van der Waals surface area contributed by atoms with Crippen LogP contribution in [0.1, 0.15) is 11.9 Å². The van der Waals surface area contributed by atoms with Crippen LogP contribution in [0.25, 0.3) is 11.4 Å². The van der Waals surface area contributed by atoms with E-state index in [1.807, 2.05) is 18.2 Å². The maximum atomic E-state index is 8.89. The molecule has 0 unspecified atom stereocenters. The Morgan fingerprint density at radius 3 is 2.94 bits per heavy atom. The zero-order chi connectivity index (χ0) is 12.3. The molecule has 2 aromatic rings. The molecule has 0 saturated heterocycles. The monoisotopic (exact) mass is 235 g/mol. The fraction of sp³-hybridized carbons (Fsp3) is 0.273. The number of benzene rings is 1. The minimum atomic E-state index is -0.661. The molecule has 2 rings (SSSR count). The molecule has 1 heterocycles. The zero-order valence-corrected chi connectivity index (χ0v) is 9.33. The van der Waals surface area contributed by atoms with Crippen LogP contribution < -0.4 is 10.5 Å². The number of hydrogen-bond donors (Lipinski definition) is 2. The van der Waals surface area contributed by atoms with Crippen molar-refractivity contribution in [2.45, 2.75) is 6.04 Å². The number of methoxy groups -OCH3 is 1. The predicted molar refractivity (Wildman–Crippen MR) is 60.3 cm³/mol. The smallest absolute Gasteiger partial charge is 0.246 e. The first-order valence-corrected chi connectivity index (χ1v) is 5.09. The number of hydrogen-bond acceptors (Lipinski definition) is 6. The fourth-order valence-electron chi connectivity index (χ4n) is 1.40. The van der Waals surface area contributed by atoms with E-state index in [-0.39, 0.29) is 12.5 Å². The first-order chi connectivity index (χ1) is 8.26. The van der Waals surface area contributed by atoms with Crippen molar-refractivity contribution >= 4 is 0 Å². The van der Waals surface area contributed by atoms with Crippen LogP contribution in [0.3, 0.4) is 0 Å². The fourth-order valence-corrected chi connectivity index (χ4v) is 1.40. The Morgan fingerprint density at radius 2 is 2.24 bits per heavy atom. The lowest BCUT2D eigenvalue weighted by atomic mass is 10.2. The van der Waals surface area contributed by atoms with Crippen LogP contribution in [0.4, 0.5) is 0 Å². The molecule has 17 heavy (non-hydrogen) atoms. The maximum absolute atomic E-state index is 8.89. The van der Waals surface area contributed by atoms with E-state index in [2.05, 4.69) is 10.1 Å². The summed E-state index contributed by atoms with van der Waals surface area (Å²) < 4.78 is 10.2. The summed E-state index contributed by atoms with van der Waals surface area (Å²) >= 11 is 0. The molecule has 0 fully saturated rings. The topological polar surface area (TPSA) is 94.4 Å². The molecule has 1 atom stereocenters. The molecule has 0 spiro atoms. The second kappa shape index (κ2) is 4.94. The summed E-state index contributed by atoms with van der Waals surface area (Å²) in [6, 6.07) is 6.66. The molecule has 3 N–H and O–H groups in total. The van der Waals surface area contributed by atoms with Crippen LogP contribution in [0.2, 0.25) is 0 Å². The standard InChI is InChI=1S/C11H13N3O3/c1-16-9-5-3-2-4-7(9)10-13-11(17-14-10)8(12)6-15/h2-5,8,15H,6,12H2,1H3/t8-/m1/s1. The van der Waals surface area contributed by atoms with Gasteiger partial charge in [-0.05, 0) is 12.1 Å². The third-order valence-electron chi connectivity index (χ3n) is 2.30. The van der Waals surface area contributed by atoms with E-state index in [1.54, 1.807) is 13.2 Å². The number of aliphatic hydroxyl groups excluding tert-OH is 1. The Morgan fingerprint density at radius 1 is 1.47 bits per heavy atom. The Balaban J connectivity index is 2.37. The highest BCUT2D eigenvalue weighted by molar-refractivity contribution is 5.63. The van der Waals surface area contributed by atoms with Gasteiger partial charge in [0.2, 0.25) is 11.7 Å². The van der Waals surface area contributed by atoms with Gasteiger partial charge in [-0.2, -0.15) is 4.98 Å². The lowest BCUT2D eigenvalue weighted by Gasteiger charge is -2.03. The van der Waals surface area contributed by atoms with E-state index in [9.17, 15) is 0 Å². The Kier molecular flexibility index (Phi) is 3.36. The summed E-state index contributed by atoms with van der Waals surface area (Å²) in [5.41, 5.74) is 6.30. The molecular weight excluding hydrogens is 222 g/mol. The maximum Gasteiger partial charge on any atom is 0.246 e. The molecule has 0 aliphatic carbocycles. The van der Waals surface area contributed by atoms with Crippen LogP contribution in [0, 0.1) is 0 Å². The van der Waals surface area contributed by atoms with Gasteiger partial charge in [-0.1, -0.05) is 17.3 Å². The van der Waals surface area contributed by atoms with Gasteiger partial charge in [-0.3, -0.25) is 0 Å². The number of para-hydroxylation sites is 1. The van der Waals surface area contributed by atoms with Crippen LogP contribution in [-0.4, -0.2) is 29.0 Å². The minimum absolute atomic E-state index is 0.202. The van der Waals surface area contributed by atoms with Gasteiger partial charge < -0.3 is 20.1 Å². The number of nitrogens with two attached hydrogens (primary N) is 1. The van der Waals surface area contributed by atoms with Crippen LogP contribution >= 0.6 is 0 Å². The third kappa shape index (κ3) is 2.27. The summed E-state index contributed by atoms with van der Waals surface area (Å²) in [5.74, 6) is 1.24. The molecule has 0 saturated carbocycles. The summed E-state index contributed by atoms with van der Waals surface area (Å²) in [4.78, 5) is 4.12.